The number of allylic oxidation sites excluding steroid dienone is 1. The van der Waals surface area contributed by atoms with Crippen molar-refractivity contribution in [2.24, 2.45) is 4.99 Å². The number of rotatable bonds is 7. The monoisotopic (exact) mass is 657 g/mol. The second-order valence-corrected chi connectivity index (χ2v) is 12.5. The number of non-ortho nitro benzene ring substituents is 1. The van der Waals surface area contributed by atoms with Crippen molar-refractivity contribution in [1.82, 2.24) is 9.13 Å². The zero-order valence-electron chi connectivity index (χ0n) is 25.9. The molecule has 0 unspecified atom stereocenters. The number of nitrogens with zero attached hydrogens (tertiary/aromatic N) is 4. The molecule has 238 valence electrons. The van der Waals surface area contributed by atoms with E-state index in [0.717, 1.165) is 27.7 Å². The van der Waals surface area contributed by atoms with Crippen LogP contribution in [0.5, 0.6) is 0 Å². The third-order valence-corrected chi connectivity index (χ3v) is 9.51. The SMILES string of the molecule is CC1=C(C(=O)Nc2ccccc2)[C@@H](c2ccc(F)cc2)n2c(s/c(=C\c3c(C)n(Cc4ccc([N+](=O)[O-])cc4)c4ccccc34)c2=O)=N1. The first-order valence-electron chi connectivity index (χ1n) is 15.1. The molecule has 1 aliphatic heterocycles. The van der Waals surface area contributed by atoms with E-state index in [2.05, 4.69) is 9.88 Å². The van der Waals surface area contributed by atoms with E-state index < -0.39 is 22.7 Å². The van der Waals surface area contributed by atoms with E-state index in [1.807, 2.05) is 55.5 Å². The Morgan fingerprint density at radius 1 is 0.979 bits per heavy atom. The zero-order chi connectivity index (χ0) is 33.5. The predicted octanol–water partition coefficient (Wildman–Crippen LogP) is 6.23. The molecule has 0 aliphatic carbocycles. The maximum Gasteiger partial charge on any atom is 0.271 e. The molecule has 0 bridgehead atoms. The van der Waals surface area contributed by atoms with E-state index in [1.54, 1.807) is 43.3 Å². The molecule has 0 saturated heterocycles. The van der Waals surface area contributed by atoms with Crippen molar-refractivity contribution < 1.29 is 14.1 Å². The van der Waals surface area contributed by atoms with Crippen molar-refractivity contribution in [3.8, 4) is 0 Å². The summed E-state index contributed by atoms with van der Waals surface area (Å²) in [4.78, 5) is 44.0. The number of thiazole rings is 1. The van der Waals surface area contributed by atoms with Crippen molar-refractivity contribution in [2.45, 2.75) is 26.4 Å². The number of hydrogen-bond acceptors (Lipinski definition) is 6. The predicted molar refractivity (Wildman–Crippen MR) is 184 cm³/mol. The number of para-hydroxylation sites is 2. The van der Waals surface area contributed by atoms with Gasteiger partial charge in [-0.15, -0.1) is 0 Å². The number of halogens is 1. The highest BCUT2D eigenvalue weighted by Gasteiger charge is 2.32. The molecule has 2 aromatic heterocycles. The molecule has 0 radical (unpaired) electrons. The minimum Gasteiger partial charge on any atom is -0.340 e. The quantitative estimate of drug-likeness (QED) is 0.162. The molecule has 3 heterocycles. The second kappa shape index (κ2) is 12.3. The minimum absolute atomic E-state index is 0.0267. The van der Waals surface area contributed by atoms with Crippen LogP contribution in [0, 0.1) is 22.9 Å². The zero-order valence-corrected chi connectivity index (χ0v) is 26.7. The lowest BCUT2D eigenvalue weighted by molar-refractivity contribution is -0.384. The van der Waals surface area contributed by atoms with Gasteiger partial charge in [-0.05, 0) is 61.4 Å². The van der Waals surface area contributed by atoms with Crippen LogP contribution in [-0.2, 0) is 11.3 Å². The van der Waals surface area contributed by atoms with Crippen LogP contribution in [0.15, 0.2) is 124 Å². The van der Waals surface area contributed by atoms with Gasteiger partial charge in [-0.25, -0.2) is 9.38 Å². The van der Waals surface area contributed by atoms with Crippen molar-refractivity contribution in [2.75, 3.05) is 5.32 Å². The summed E-state index contributed by atoms with van der Waals surface area (Å²) in [6.07, 6.45) is 1.86. The van der Waals surface area contributed by atoms with E-state index in [0.29, 0.717) is 38.4 Å². The molecule has 6 aromatic rings. The van der Waals surface area contributed by atoms with E-state index >= 15 is 0 Å². The highest BCUT2D eigenvalue weighted by atomic mass is 32.1. The first kappa shape index (κ1) is 30.7. The van der Waals surface area contributed by atoms with Crippen LogP contribution >= 0.6 is 11.3 Å². The highest BCUT2D eigenvalue weighted by molar-refractivity contribution is 7.07. The molecule has 0 saturated carbocycles. The van der Waals surface area contributed by atoms with E-state index in [1.165, 1.54) is 40.2 Å². The Bertz CT molecular complexity index is 2440. The highest BCUT2D eigenvalue weighted by Crippen LogP contribution is 2.32. The molecule has 1 atom stereocenters. The third kappa shape index (κ3) is 5.54. The van der Waals surface area contributed by atoms with Crippen molar-refractivity contribution >= 4 is 45.6 Å². The van der Waals surface area contributed by atoms with Crippen LogP contribution in [0.3, 0.4) is 0 Å². The average molecular weight is 658 g/mol. The molecular weight excluding hydrogens is 630 g/mol. The molecule has 7 rings (SSSR count). The van der Waals surface area contributed by atoms with Crippen LogP contribution in [0.4, 0.5) is 15.8 Å². The van der Waals surface area contributed by atoms with Gasteiger partial charge in [0, 0.05) is 46.5 Å². The molecule has 9 nitrogen and oxygen atoms in total. The summed E-state index contributed by atoms with van der Waals surface area (Å²) >= 11 is 1.23. The average Bonchev–Trinajstić information content (AvgIpc) is 3.53. The molecule has 0 spiro atoms. The maximum atomic E-state index is 14.3. The summed E-state index contributed by atoms with van der Waals surface area (Å²) in [6.45, 7) is 4.19. The van der Waals surface area contributed by atoms with Crippen LogP contribution in [0.25, 0.3) is 17.0 Å². The van der Waals surface area contributed by atoms with Gasteiger partial charge in [0.2, 0.25) is 0 Å². The Kier molecular flexibility index (Phi) is 7.90. The Labute approximate surface area is 277 Å². The molecule has 1 amide bonds. The number of carbonyl (C=O) groups excluding carboxylic acids is 1. The van der Waals surface area contributed by atoms with Crippen LogP contribution in [0.1, 0.15) is 35.3 Å². The summed E-state index contributed by atoms with van der Waals surface area (Å²) in [5, 5.41) is 15.0. The topological polar surface area (TPSA) is 112 Å². The normalized spacial score (nSPS) is 14.6. The number of hydrogen-bond donors (Lipinski definition) is 1. The van der Waals surface area contributed by atoms with Crippen LogP contribution in [0.2, 0.25) is 0 Å². The number of amides is 1. The van der Waals surface area contributed by atoms with Crippen molar-refractivity contribution in [1.29, 1.82) is 0 Å². The fourth-order valence-electron chi connectivity index (χ4n) is 6.17. The largest absolute Gasteiger partial charge is 0.340 e. The number of fused-ring (bicyclic) bond motifs is 2. The van der Waals surface area contributed by atoms with Gasteiger partial charge >= 0.3 is 0 Å². The summed E-state index contributed by atoms with van der Waals surface area (Å²) in [5.41, 5.74) is 5.24. The standard InChI is InChI=1S/C37H28FN5O4S/c1-22-33(35(44)40-27-8-4-3-5-9-27)34(25-14-16-26(38)17-15-25)42-36(45)32(48-37(42)39-22)20-30-23(2)41(31-11-7-6-10-29(30)31)21-24-12-18-28(19-13-24)43(46)47/h3-20,34H,21H2,1-2H3,(H,40,44)/b32-20-/t34-/m1/s1. The number of aromatic nitrogens is 2. The van der Waals surface area contributed by atoms with Gasteiger partial charge in [0.15, 0.2) is 4.80 Å². The van der Waals surface area contributed by atoms with E-state index in [4.69, 9.17) is 4.99 Å². The van der Waals surface area contributed by atoms with Gasteiger partial charge in [-0.3, -0.25) is 24.3 Å². The first-order valence-corrected chi connectivity index (χ1v) is 16.0. The number of nitrogens with one attached hydrogen (secondary N) is 1. The van der Waals surface area contributed by atoms with Crippen LogP contribution < -0.4 is 20.2 Å². The minimum atomic E-state index is -0.836. The number of nitro groups is 1. The first-order chi connectivity index (χ1) is 23.2. The number of carbonyl (C=O) groups is 1. The van der Waals surface area contributed by atoms with Gasteiger partial charge in [-0.1, -0.05) is 72.0 Å². The lowest BCUT2D eigenvalue weighted by atomic mass is 9.95. The summed E-state index contributed by atoms with van der Waals surface area (Å²) < 4.78 is 18.1. The van der Waals surface area contributed by atoms with E-state index in [9.17, 15) is 24.1 Å². The van der Waals surface area contributed by atoms with Gasteiger partial charge < -0.3 is 9.88 Å². The van der Waals surface area contributed by atoms with Crippen molar-refractivity contribution in [3.63, 3.8) is 0 Å². The third-order valence-electron chi connectivity index (χ3n) is 8.53. The molecule has 48 heavy (non-hydrogen) atoms. The number of nitro benzene ring substituents is 1. The van der Waals surface area contributed by atoms with Gasteiger partial charge in [0.25, 0.3) is 17.2 Å². The molecular formula is C37H28FN5O4S. The Hall–Kier alpha value is -5.94. The van der Waals surface area contributed by atoms with Gasteiger partial charge in [-0.2, -0.15) is 0 Å². The smallest absolute Gasteiger partial charge is 0.271 e. The Morgan fingerprint density at radius 2 is 1.67 bits per heavy atom. The van der Waals surface area contributed by atoms with Gasteiger partial charge in [0.1, 0.15) is 5.82 Å². The van der Waals surface area contributed by atoms with Crippen molar-refractivity contribution in [3.05, 3.63) is 172 Å². The molecule has 1 aliphatic rings. The van der Waals surface area contributed by atoms with E-state index in [-0.39, 0.29) is 11.2 Å². The lowest BCUT2D eigenvalue weighted by Crippen LogP contribution is -2.40. The maximum absolute atomic E-state index is 14.3. The summed E-state index contributed by atoms with van der Waals surface area (Å²) in [7, 11) is 0. The number of benzene rings is 4. The Morgan fingerprint density at radius 3 is 2.38 bits per heavy atom. The van der Waals surface area contributed by atoms with Gasteiger partial charge in [0.05, 0.1) is 26.8 Å². The lowest BCUT2D eigenvalue weighted by Gasteiger charge is -2.25. The fraction of sp³-hybridized carbons (Fsp3) is 0.108. The molecule has 11 heteroatoms. The van der Waals surface area contributed by atoms with Crippen LogP contribution in [-0.4, -0.2) is 20.0 Å². The number of anilines is 1. The summed E-state index contributed by atoms with van der Waals surface area (Å²) in [6, 6.07) is 28.3. The fourth-order valence-corrected chi connectivity index (χ4v) is 7.20. The Balaban J connectivity index is 1.36. The molecule has 0 fully saturated rings. The summed E-state index contributed by atoms with van der Waals surface area (Å²) in [5.74, 6) is -0.834. The molecule has 1 N–H and O–H groups in total. The second-order valence-electron chi connectivity index (χ2n) is 11.5. The molecule has 4 aromatic carbocycles.